The lowest BCUT2D eigenvalue weighted by molar-refractivity contribution is 0.102. The highest BCUT2D eigenvalue weighted by Crippen LogP contribution is 2.37. The van der Waals surface area contributed by atoms with Gasteiger partial charge in [0.2, 0.25) is 0 Å². The molecule has 0 spiro atoms. The Balaban J connectivity index is 1.83. The number of nitrogens with zero attached hydrogens (tertiary/aromatic N) is 2. The first-order chi connectivity index (χ1) is 13.5. The summed E-state index contributed by atoms with van der Waals surface area (Å²) < 4.78 is 11.8. The van der Waals surface area contributed by atoms with Crippen molar-refractivity contribution in [2.75, 3.05) is 19.0 Å². The second-order valence-corrected chi connectivity index (χ2v) is 7.79. The fourth-order valence-electron chi connectivity index (χ4n) is 2.55. The number of hydrogen-bond donors (Lipinski definition) is 1. The Morgan fingerprint density at radius 2 is 2.14 bits per heavy atom. The van der Waals surface area contributed by atoms with Crippen LogP contribution in [0.1, 0.15) is 29.4 Å². The first kappa shape index (κ1) is 20.3. The number of anilines is 1. The van der Waals surface area contributed by atoms with Crippen LogP contribution in [0.5, 0.6) is 11.5 Å². The quantitative estimate of drug-likeness (QED) is 0.514. The van der Waals surface area contributed by atoms with Gasteiger partial charge in [0, 0.05) is 11.8 Å². The van der Waals surface area contributed by atoms with Gasteiger partial charge >= 0.3 is 0 Å². The topological polar surface area (TPSA) is 73.3 Å². The lowest BCUT2D eigenvalue weighted by atomic mass is 10.2. The van der Waals surface area contributed by atoms with Crippen LogP contribution < -0.4 is 14.8 Å². The van der Waals surface area contributed by atoms with Crippen LogP contribution in [-0.2, 0) is 0 Å². The fourth-order valence-corrected chi connectivity index (χ4v) is 4.04. The zero-order valence-corrected chi connectivity index (χ0v) is 18.2. The average Bonchev–Trinajstić information content (AvgIpc) is 3.07. The van der Waals surface area contributed by atoms with Crippen molar-refractivity contribution in [3.05, 3.63) is 52.3 Å². The van der Waals surface area contributed by atoms with Crippen molar-refractivity contribution in [2.45, 2.75) is 20.3 Å². The monoisotopic (exact) mass is 461 g/mol. The van der Waals surface area contributed by atoms with Crippen LogP contribution >= 0.6 is 27.3 Å². The van der Waals surface area contributed by atoms with E-state index in [4.69, 9.17) is 9.47 Å². The Kier molecular flexibility index (Phi) is 6.64. The minimum absolute atomic E-state index is 0.276. The van der Waals surface area contributed by atoms with Gasteiger partial charge in [-0.25, -0.2) is 4.98 Å². The maximum Gasteiger partial charge on any atom is 0.257 e. The van der Waals surface area contributed by atoms with Gasteiger partial charge in [0.1, 0.15) is 0 Å². The zero-order valence-electron chi connectivity index (χ0n) is 15.8. The summed E-state index contributed by atoms with van der Waals surface area (Å²) in [6.45, 7) is 4.49. The van der Waals surface area contributed by atoms with E-state index in [1.54, 1.807) is 25.4 Å². The van der Waals surface area contributed by atoms with Crippen molar-refractivity contribution in [3.8, 4) is 22.1 Å². The molecule has 0 atom stereocenters. The summed E-state index contributed by atoms with van der Waals surface area (Å²) in [5, 5.41) is 3.37. The second-order valence-electron chi connectivity index (χ2n) is 5.94. The Morgan fingerprint density at radius 1 is 1.32 bits per heavy atom. The SMILES string of the molecule is CCCOc1c(Br)cc(C(=O)Nc2nc(C)c(-c3ccccn3)s2)cc1OC. The molecule has 0 unspecified atom stereocenters. The second kappa shape index (κ2) is 9.16. The predicted molar refractivity (Wildman–Crippen MR) is 115 cm³/mol. The Bertz CT molecular complexity index is 976. The summed E-state index contributed by atoms with van der Waals surface area (Å²) in [7, 11) is 1.55. The van der Waals surface area contributed by atoms with Crippen molar-refractivity contribution in [3.63, 3.8) is 0 Å². The molecule has 146 valence electrons. The number of amides is 1. The molecule has 3 rings (SSSR count). The number of rotatable bonds is 7. The number of carbonyl (C=O) groups excluding carboxylic acids is 1. The van der Waals surface area contributed by atoms with Gasteiger partial charge in [0.05, 0.1) is 34.5 Å². The van der Waals surface area contributed by atoms with Crippen molar-refractivity contribution in [1.29, 1.82) is 0 Å². The summed E-state index contributed by atoms with van der Waals surface area (Å²) >= 11 is 4.85. The fraction of sp³-hybridized carbons (Fsp3) is 0.250. The summed E-state index contributed by atoms with van der Waals surface area (Å²) in [6, 6.07) is 9.07. The van der Waals surface area contributed by atoms with E-state index in [2.05, 4.69) is 31.2 Å². The van der Waals surface area contributed by atoms with E-state index < -0.39 is 0 Å². The smallest absolute Gasteiger partial charge is 0.257 e. The van der Waals surface area contributed by atoms with E-state index in [1.165, 1.54) is 11.3 Å². The molecule has 2 heterocycles. The molecule has 0 bridgehead atoms. The van der Waals surface area contributed by atoms with Crippen LogP contribution in [0.2, 0.25) is 0 Å². The Labute approximate surface area is 176 Å². The normalized spacial score (nSPS) is 10.6. The molecule has 0 aliphatic carbocycles. The first-order valence-corrected chi connectivity index (χ1v) is 10.3. The maximum atomic E-state index is 12.7. The van der Waals surface area contributed by atoms with Gasteiger partial charge in [0.25, 0.3) is 5.91 Å². The van der Waals surface area contributed by atoms with Crippen molar-refractivity contribution < 1.29 is 14.3 Å². The van der Waals surface area contributed by atoms with Gasteiger partial charge in [-0.15, -0.1) is 0 Å². The molecular formula is C20H20BrN3O3S. The van der Waals surface area contributed by atoms with Gasteiger partial charge in [-0.3, -0.25) is 15.1 Å². The molecular weight excluding hydrogens is 442 g/mol. The number of aryl methyl sites for hydroxylation is 1. The molecule has 1 amide bonds. The highest BCUT2D eigenvalue weighted by atomic mass is 79.9. The number of carbonyl (C=O) groups is 1. The van der Waals surface area contributed by atoms with Gasteiger partial charge in [0.15, 0.2) is 16.6 Å². The number of aromatic nitrogens is 2. The largest absolute Gasteiger partial charge is 0.493 e. The molecule has 0 fully saturated rings. The third kappa shape index (κ3) is 4.51. The molecule has 1 aromatic carbocycles. The highest BCUT2D eigenvalue weighted by molar-refractivity contribution is 9.10. The number of ether oxygens (including phenoxy) is 2. The van der Waals surface area contributed by atoms with E-state index in [1.807, 2.05) is 32.0 Å². The third-order valence-corrected chi connectivity index (χ3v) is 5.54. The lowest BCUT2D eigenvalue weighted by Crippen LogP contribution is -2.12. The van der Waals surface area contributed by atoms with Gasteiger partial charge < -0.3 is 9.47 Å². The summed E-state index contributed by atoms with van der Waals surface area (Å²) in [6.07, 6.45) is 2.61. The molecule has 0 saturated carbocycles. The zero-order chi connectivity index (χ0) is 20.1. The minimum atomic E-state index is -0.276. The van der Waals surface area contributed by atoms with Crippen LogP contribution in [0.15, 0.2) is 41.0 Å². The molecule has 3 aromatic rings. The lowest BCUT2D eigenvalue weighted by Gasteiger charge is -2.13. The predicted octanol–water partition coefficient (Wildman–Crippen LogP) is 5.33. The molecule has 0 radical (unpaired) electrons. The van der Waals surface area contributed by atoms with Crippen molar-refractivity contribution >= 4 is 38.3 Å². The Morgan fingerprint density at radius 3 is 2.82 bits per heavy atom. The number of nitrogens with one attached hydrogen (secondary N) is 1. The molecule has 6 nitrogen and oxygen atoms in total. The van der Waals surface area contributed by atoms with Crippen LogP contribution in [-0.4, -0.2) is 29.6 Å². The van der Waals surface area contributed by atoms with Crippen LogP contribution in [0.3, 0.4) is 0 Å². The van der Waals surface area contributed by atoms with Crippen LogP contribution in [0.4, 0.5) is 5.13 Å². The van der Waals surface area contributed by atoms with Crippen molar-refractivity contribution in [1.82, 2.24) is 9.97 Å². The van der Waals surface area contributed by atoms with E-state index >= 15 is 0 Å². The minimum Gasteiger partial charge on any atom is -0.493 e. The van der Waals surface area contributed by atoms with E-state index in [0.29, 0.717) is 33.3 Å². The van der Waals surface area contributed by atoms with E-state index in [0.717, 1.165) is 22.7 Å². The number of thiazole rings is 1. The number of pyridine rings is 1. The number of methoxy groups -OCH3 is 1. The number of halogens is 1. The number of benzene rings is 1. The third-order valence-electron chi connectivity index (χ3n) is 3.86. The van der Waals surface area contributed by atoms with E-state index in [-0.39, 0.29) is 5.91 Å². The van der Waals surface area contributed by atoms with Crippen molar-refractivity contribution in [2.24, 2.45) is 0 Å². The summed E-state index contributed by atoms with van der Waals surface area (Å²) in [5.41, 5.74) is 2.10. The summed E-state index contributed by atoms with van der Waals surface area (Å²) in [4.78, 5) is 22.5. The Hall–Kier alpha value is -2.45. The molecule has 8 heteroatoms. The maximum absolute atomic E-state index is 12.7. The van der Waals surface area contributed by atoms with Gasteiger partial charge in [-0.05, 0) is 53.5 Å². The molecule has 1 N–H and O–H groups in total. The van der Waals surface area contributed by atoms with E-state index in [9.17, 15) is 4.79 Å². The highest BCUT2D eigenvalue weighted by Gasteiger charge is 2.18. The van der Waals surface area contributed by atoms with Gasteiger partial charge in [-0.2, -0.15) is 0 Å². The number of hydrogen-bond acceptors (Lipinski definition) is 6. The molecule has 2 aromatic heterocycles. The molecule has 28 heavy (non-hydrogen) atoms. The standard InChI is InChI=1S/C20H20BrN3O3S/c1-4-9-27-17-14(21)10-13(11-16(17)26-3)19(25)24-20-23-12(2)18(28-20)15-7-5-6-8-22-15/h5-8,10-11H,4,9H2,1-3H3,(H,23,24,25). The molecule has 0 saturated heterocycles. The van der Waals surface area contributed by atoms with Crippen LogP contribution in [0, 0.1) is 6.92 Å². The first-order valence-electron chi connectivity index (χ1n) is 8.74. The molecule has 0 aliphatic heterocycles. The van der Waals surface area contributed by atoms with Crippen LogP contribution in [0.25, 0.3) is 10.6 Å². The summed E-state index contributed by atoms with van der Waals surface area (Å²) in [5.74, 6) is 0.809. The molecule has 0 aliphatic rings. The average molecular weight is 462 g/mol. The van der Waals surface area contributed by atoms with Gasteiger partial charge in [-0.1, -0.05) is 24.3 Å².